The Bertz CT molecular complexity index is 350. The second kappa shape index (κ2) is 3.61. The van der Waals surface area contributed by atoms with Crippen LogP contribution >= 0.6 is 0 Å². The number of aliphatic carboxylic acids is 1. The molecule has 0 aliphatic carbocycles. The largest absolute Gasteiger partial charge is 0.481 e. The van der Waals surface area contributed by atoms with Crippen molar-refractivity contribution in [2.45, 2.75) is 19.3 Å². The maximum absolute atomic E-state index is 10.9. The molecule has 1 aromatic rings. The van der Waals surface area contributed by atoms with E-state index in [-0.39, 0.29) is 0 Å². The summed E-state index contributed by atoms with van der Waals surface area (Å²) < 4.78 is 4.89. The SMILES string of the molecule is COc1cc(C(C)(C)C(=O)O)ncn1. The summed E-state index contributed by atoms with van der Waals surface area (Å²) in [6.45, 7) is 3.16. The fourth-order valence-corrected chi connectivity index (χ4v) is 0.902. The first-order valence-electron chi connectivity index (χ1n) is 4.08. The molecule has 0 aliphatic rings. The lowest BCUT2D eigenvalue weighted by atomic mass is 9.89. The summed E-state index contributed by atoms with van der Waals surface area (Å²) >= 11 is 0. The highest BCUT2D eigenvalue weighted by Crippen LogP contribution is 2.22. The summed E-state index contributed by atoms with van der Waals surface area (Å²) in [5.41, 5.74) is -0.604. The lowest BCUT2D eigenvalue weighted by molar-refractivity contribution is -0.142. The molecule has 0 saturated carbocycles. The van der Waals surface area contributed by atoms with Gasteiger partial charge in [-0.2, -0.15) is 0 Å². The molecule has 1 N–H and O–H groups in total. The van der Waals surface area contributed by atoms with Gasteiger partial charge in [0.05, 0.1) is 12.8 Å². The second-order valence-corrected chi connectivity index (χ2v) is 3.38. The molecule has 1 rings (SSSR count). The molecular weight excluding hydrogens is 184 g/mol. The molecule has 0 atom stereocenters. The van der Waals surface area contributed by atoms with Crippen LogP contribution in [0.25, 0.3) is 0 Å². The number of hydrogen-bond donors (Lipinski definition) is 1. The van der Waals surface area contributed by atoms with Crippen LogP contribution in [0.3, 0.4) is 0 Å². The van der Waals surface area contributed by atoms with Gasteiger partial charge in [0.1, 0.15) is 11.7 Å². The molecule has 0 spiro atoms. The van der Waals surface area contributed by atoms with Crippen molar-refractivity contribution in [3.05, 3.63) is 18.1 Å². The Labute approximate surface area is 81.8 Å². The zero-order chi connectivity index (χ0) is 10.8. The smallest absolute Gasteiger partial charge is 0.315 e. The van der Waals surface area contributed by atoms with Gasteiger partial charge in [0, 0.05) is 6.07 Å². The topological polar surface area (TPSA) is 72.3 Å². The van der Waals surface area contributed by atoms with E-state index in [1.54, 1.807) is 13.8 Å². The van der Waals surface area contributed by atoms with Gasteiger partial charge in [-0.1, -0.05) is 0 Å². The highest BCUT2D eigenvalue weighted by atomic mass is 16.5. The van der Waals surface area contributed by atoms with Crippen molar-refractivity contribution < 1.29 is 14.6 Å². The molecule has 0 bridgehead atoms. The van der Waals surface area contributed by atoms with Crippen molar-refractivity contribution >= 4 is 5.97 Å². The van der Waals surface area contributed by atoms with Gasteiger partial charge in [-0.05, 0) is 13.8 Å². The quantitative estimate of drug-likeness (QED) is 0.775. The zero-order valence-corrected chi connectivity index (χ0v) is 8.31. The molecule has 0 saturated heterocycles. The number of aromatic nitrogens is 2. The van der Waals surface area contributed by atoms with E-state index in [1.165, 1.54) is 19.5 Å². The first-order chi connectivity index (χ1) is 6.48. The van der Waals surface area contributed by atoms with E-state index in [1.807, 2.05) is 0 Å². The van der Waals surface area contributed by atoms with E-state index in [0.29, 0.717) is 11.6 Å². The number of nitrogens with zero attached hydrogens (tertiary/aromatic N) is 2. The normalized spacial score (nSPS) is 11.1. The van der Waals surface area contributed by atoms with Crippen molar-refractivity contribution in [2.75, 3.05) is 7.11 Å². The molecule has 5 nitrogen and oxygen atoms in total. The molecule has 0 unspecified atom stereocenters. The molecule has 0 aliphatic heterocycles. The minimum Gasteiger partial charge on any atom is -0.481 e. The van der Waals surface area contributed by atoms with E-state index >= 15 is 0 Å². The Morgan fingerprint density at radius 3 is 2.64 bits per heavy atom. The second-order valence-electron chi connectivity index (χ2n) is 3.38. The highest BCUT2D eigenvalue weighted by Gasteiger charge is 2.31. The van der Waals surface area contributed by atoms with Crippen LogP contribution in [0.1, 0.15) is 19.5 Å². The molecule has 1 aromatic heterocycles. The van der Waals surface area contributed by atoms with E-state index in [2.05, 4.69) is 9.97 Å². The van der Waals surface area contributed by atoms with Crippen LogP contribution in [-0.2, 0) is 10.2 Å². The molecular formula is C9H12N2O3. The number of carboxylic acids is 1. The Kier molecular flexibility index (Phi) is 2.69. The van der Waals surface area contributed by atoms with E-state index in [0.717, 1.165) is 0 Å². The van der Waals surface area contributed by atoms with Crippen molar-refractivity contribution in [3.63, 3.8) is 0 Å². The van der Waals surface area contributed by atoms with Gasteiger partial charge < -0.3 is 9.84 Å². The first kappa shape index (κ1) is 10.4. The number of carboxylic acid groups (broad SMARTS) is 1. The molecule has 0 aromatic carbocycles. The summed E-state index contributed by atoms with van der Waals surface area (Å²) in [5, 5.41) is 8.96. The molecule has 76 valence electrons. The lowest BCUT2D eigenvalue weighted by Crippen LogP contribution is -2.29. The predicted molar refractivity (Wildman–Crippen MR) is 49.2 cm³/mol. The van der Waals surface area contributed by atoms with Gasteiger partial charge in [-0.25, -0.2) is 9.97 Å². The van der Waals surface area contributed by atoms with Crippen LogP contribution in [0.4, 0.5) is 0 Å². The third kappa shape index (κ3) is 1.81. The number of rotatable bonds is 3. The van der Waals surface area contributed by atoms with Crippen molar-refractivity contribution in [3.8, 4) is 5.88 Å². The van der Waals surface area contributed by atoms with Crippen molar-refractivity contribution in [2.24, 2.45) is 0 Å². The average Bonchev–Trinajstić information content (AvgIpc) is 2.17. The molecule has 5 heteroatoms. The fourth-order valence-electron chi connectivity index (χ4n) is 0.902. The van der Waals surface area contributed by atoms with Crippen LogP contribution in [0, 0.1) is 0 Å². The van der Waals surface area contributed by atoms with Gasteiger partial charge in [-0.15, -0.1) is 0 Å². The molecule has 0 radical (unpaired) electrons. The fraction of sp³-hybridized carbons (Fsp3) is 0.444. The zero-order valence-electron chi connectivity index (χ0n) is 8.31. The van der Waals surface area contributed by atoms with Gasteiger partial charge in [0.25, 0.3) is 0 Å². The minimum absolute atomic E-state index is 0.365. The maximum atomic E-state index is 10.9. The number of methoxy groups -OCH3 is 1. The molecule has 1 heterocycles. The Morgan fingerprint density at radius 1 is 1.50 bits per heavy atom. The standard InChI is InChI=1S/C9H12N2O3/c1-9(2,8(12)13)6-4-7(14-3)11-5-10-6/h4-5H,1-3H3,(H,12,13). The summed E-state index contributed by atoms with van der Waals surface area (Å²) in [7, 11) is 1.47. The summed E-state index contributed by atoms with van der Waals surface area (Å²) in [5.74, 6) is -0.567. The summed E-state index contributed by atoms with van der Waals surface area (Å²) in [4.78, 5) is 18.6. The van der Waals surface area contributed by atoms with Gasteiger partial charge in [0.15, 0.2) is 0 Å². The summed E-state index contributed by atoms with van der Waals surface area (Å²) in [6, 6.07) is 1.52. The lowest BCUT2D eigenvalue weighted by Gasteiger charge is -2.18. The Balaban J connectivity index is 3.12. The van der Waals surface area contributed by atoms with Gasteiger partial charge in [0.2, 0.25) is 5.88 Å². The maximum Gasteiger partial charge on any atom is 0.315 e. The van der Waals surface area contributed by atoms with Crippen molar-refractivity contribution in [1.29, 1.82) is 0 Å². The molecule has 14 heavy (non-hydrogen) atoms. The Morgan fingerprint density at radius 2 is 2.14 bits per heavy atom. The van der Waals surface area contributed by atoms with E-state index < -0.39 is 11.4 Å². The van der Waals surface area contributed by atoms with Crippen LogP contribution in [0.2, 0.25) is 0 Å². The van der Waals surface area contributed by atoms with Crippen molar-refractivity contribution in [1.82, 2.24) is 9.97 Å². The third-order valence-corrected chi connectivity index (χ3v) is 2.03. The number of hydrogen-bond acceptors (Lipinski definition) is 4. The van der Waals surface area contributed by atoms with Crippen LogP contribution in [0.15, 0.2) is 12.4 Å². The van der Waals surface area contributed by atoms with Crippen LogP contribution in [-0.4, -0.2) is 28.2 Å². The predicted octanol–water partition coefficient (Wildman–Crippen LogP) is 0.847. The van der Waals surface area contributed by atoms with Gasteiger partial charge in [-0.3, -0.25) is 4.79 Å². The van der Waals surface area contributed by atoms with Crippen LogP contribution in [0.5, 0.6) is 5.88 Å². The molecule has 0 amide bonds. The molecule has 0 fully saturated rings. The monoisotopic (exact) mass is 196 g/mol. The number of ether oxygens (including phenoxy) is 1. The van der Waals surface area contributed by atoms with E-state index in [4.69, 9.17) is 9.84 Å². The van der Waals surface area contributed by atoms with Gasteiger partial charge >= 0.3 is 5.97 Å². The van der Waals surface area contributed by atoms with Crippen LogP contribution < -0.4 is 4.74 Å². The Hall–Kier alpha value is -1.65. The third-order valence-electron chi connectivity index (χ3n) is 2.03. The minimum atomic E-state index is -1.03. The van der Waals surface area contributed by atoms with E-state index in [9.17, 15) is 4.79 Å². The first-order valence-corrected chi connectivity index (χ1v) is 4.08. The highest BCUT2D eigenvalue weighted by molar-refractivity contribution is 5.79. The number of carbonyl (C=O) groups is 1. The summed E-state index contributed by atoms with van der Waals surface area (Å²) in [6.07, 6.45) is 1.29. The average molecular weight is 196 g/mol.